The lowest BCUT2D eigenvalue weighted by Crippen LogP contribution is -2.47. The molecule has 0 spiro atoms. The van der Waals surface area contributed by atoms with Crippen LogP contribution in [0.25, 0.3) is 11.1 Å². The van der Waals surface area contributed by atoms with Gasteiger partial charge in [0.25, 0.3) is 0 Å². The van der Waals surface area contributed by atoms with Crippen molar-refractivity contribution in [3.63, 3.8) is 0 Å². The molecule has 1 aliphatic heterocycles. The van der Waals surface area contributed by atoms with Crippen LogP contribution in [0.4, 0.5) is 13.2 Å². The van der Waals surface area contributed by atoms with E-state index in [9.17, 15) is 22.8 Å². The van der Waals surface area contributed by atoms with Crippen LogP contribution >= 0.6 is 0 Å². The molecule has 1 heterocycles. The predicted octanol–water partition coefficient (Wildman–Crippen LogP) is 6.40. The van der Waals surface area contributed by atoms with Gasteiger partial charge in [-0.3, -0.25) is 9.59 Å². The number of nitrogens with one attached hydrogen (secondary N) is 1. The van der Waals surface area contributed by atoms with Crippen molar-refractivity contribution < 1.29 is 22.8 Å². The lowest BCUT2D eigenvalue weighted by Gasteiger charge is -2.28. The Morgan fingerprint density at radius 1 is 1.09 bits per heavy atom. The number of rotatable bonds is 5. The highest BCUT2D eigenvalue weighted by Crippen LogP contribution is 2.28. The Balaban J connectivity index is 0.00000199. The third kappa shape index (κ3) is 6.84. The van der Waals surface area contributed by atoms with Crippen LogP contribution < -0.4 is 5.32 Å². The van der Waals surface area contributed by atoms with Crippen LogP contribution in [0.5, 0.6) is 0 Å². The smallest absolute Gasteiger partial charge is 0.243 e. The first-order chi connectivity index (χ1) is 16.0. The molecule has 1 N–H and O–H groups in total. The second-order valence-electron chi connectivity index (χ2n) is 9.58. The van der Waals surface area contributed by atoms with E-state index in [0.29, 0.717) is 31.0 Å². The third-order valence-corrected chi connectivity index (χ3v) is 5.63. The molecule has 0 aromatic heterocycles. The van der Waals surface area contributed by atoms with Crippen LogP contribution in [0, 0.1) is 22.9 Å². The molecule has 1 aliphatic rings. The van der Waals surface area contributed by atoms with Gasteiger partial charge in [0.2, 0.25) is 11.8 Å². The van der Waals surface area contributed by atoms with Gasteiger partial charge in [-0.05, 0) is 42.4 Å². The van der Waals surface area contributed by atoms with E-state index < -0.39 is 23.5 Å². The maximum atomic E-state index is 14.0. The summed E-state index contributed by atoms with van der Waals surface area (Å²) in [5.41, 5.74) is 0.771. The van der Waals surface area contributed by atoms with Gasteiger partial charge in [-0.1, -0.05) is 58.9 Å². The van der Waals surface area contributed by atoms with E-state index in [1.54, 1.807) is 29.2 Å². The van der Waals surface area contributed by atoms with Gasteiger partial charge >= 0.3 is 0 Å². The van der Waals surface area contributed by atoms with Gasteiger partial charge in [-0.2, -0.15) is 0 Å². The standard InChI is InChI=1S/C25H29F3N2O2.C2H6/c1-15(29-24(32)21-6-5-11-30(21)22(31)14-25(2,3)4)16-7-9-17(10-8-16)19-12-18(26)13-20(27)23(19)28;1-2/h7-10,12-13,15,21H,5-6,11,14H2,1-4H3,(H,29,32);1-2H3. The normalized spacial score (nSPS) is 16.5. The summed E-state index contributed by atoms with van der Waals surface area (Å²) in [4.78, 5) is 27.2. The molecular formula is C27H35F3N2O2. The van der Waals surface area contributed by atoms with E-state index in [1.165, 1.54) is 0 Å². The number of benzene rings is 2. The number of carbonyl (C=O) groups is 2. The van der Waals surface area contributed by atoms with Crippen molar-refractivity contribution in [2.75, 3.05) is 6.54 Å². The molecule has 34 heavy (non-hydrogen) atoms. The lowest BCUT2D eigenvalue weighted by molar-refractivity contribution is -0.140. The van der Waals surface area contributed by atoms with E-state index in [-0.39, 0.29) is 28.8 Å². The first kappa shape index (κ1) is 27.4. The second-order valence-corrected chi connectivity index (χ2v) is 9.58. The molecule has 2 unspecified atom stereocenters. The Labute approximate surface area is 200 Å². The number of nitrogens with zero attached hydrogens (tertiary/aromatic N) is 1. The first-order valence-electron chi connectivity index (χ1n) is 11.8. The molecule has 186 valence electrons. The van der Waals surface area contributed by atoms with E-state index in [0.717, 1.165) is 18.1 Å². The predicted molar refractivity (Wildman–Crippen MR) is 128 cm³/mol. The number of hydrogen-bond donors (Lipinski definition) is 1. The Kier molecular flexibility index (Phi) is 9.30. The van der Waals surface area contributed by atoms with Crippen LogP contribution in [-0.4, -0.2) is 29.3 Å². The molecule has 2 atom stereocenters. The molecule has 2 amide bonds. The lowest BCUT2D eigenvalue weighted by atomic mass is 9.91. The maximum Gasteiger partial charge on any atom is 0.243 e. The average molecular weight is 477 g/mol. The number of likely N-dealkylation sites (tertiary alicyclic amines) is 1. The Morgan fingerprint density at radius 3 is 2.29 bits per heavy atom. The molecule has 4 nitrogen and oxygen atoms in total. The number of amides is 2. The monoisotopic (exact) mass is 476 g/mol. The van der Waals surface area contributed by atoms with Crippen molar-refractivity contribution in [1.29, 1.82) is 0 Å². The topological polar surface area (TPSA) is 49.4 Å². The number of halogens is 3. The van der Waals surface area contributed by atoms with Crippen LogP contribution in [-0.2, 0) is 9.59 Å². The van der Waals surface area contributed by atoms with Crippen LogP contribution in [0.15, 0.2) is 36.4 Å². The summed E-state index contributed by atoms with van der Waals surface area (Å²) >= 11 is 0. The second kappa shape index (κ2) is 11.5. The molecule has 1 saturated heterocycles. The van der Waals surface area contributed by atoms with E-state index in [1.807, 2.05) is 41.5 Å². The van der Waals surface area contributed by atoms with Crippen LogP contribution in [0.3, 0.4) is 0 Å². The van der Waals surface area contributed by atoms with Gasteiger partial charge < -0.3 is 10.2 Å². The zero-order chi connectivity index (χ0) is 25.6. The zero-order valence-corrected chi connectivity index (χ0v) is 20.8. The molecular weight excluding hydrogens is 441 g/mol. The summed E-state index contributed by atoms with van der Waals surface area (Å²) in [7, 11) is 0. The van der Waals surface area contributed by atoms with Gasteiger partial charge in [0, 0.05) is 24.6 Å². The van der Waals surface area contributed by atoms with Gasteiger partial charge in [0.05, 0.1) is 6.04 Å². The highest BCUT2D eigenvalue weighted by molar-refractivity contribution is 5.88. The summed E-state index contributed by atoms with van der Waals surface area (Å²) in [6.45, 7) is 12.4. The van der Waals surface area contributed by atoms with E-state index >= 15 is 0 Å². The SMILES string of the molecule is CC.CC(NC(=O)C1CCCN1C(=O)CC(C)(C)C)c1ccc(-c2cc(F)cc(F)c2F)cc1. The van der Waals surface area contributed by atoms with Crippen molar-refractivity contribution in [2.24, 2.45) is 5.41 Å². The van der Waals surface area contributed by atoms with Crippen molar-refractivity contribution >= 4 is 11.8 Å². The molecule has 7 heteroatoms. The average Bonchev–Trinajstić information content (AvgIpc) is 3.27. The summed E-state index contributed by atoms with van der Waals surface area (Å²) in [6.07, 6.45) is 1.79. The zero-order valence-electron chi connectivity index (χ0n) is 20.8. The molecule has 2 aromatic rings. The summed E-state index contributed by atoms with van der Waals surface area (Å²) < 4.78 is 41.0. The van der Waals surface area contributed by atoms with Gasteiger partial charge in [-0.15, -0.1) is 0 Å². The summed E-state index contributed by atoms with van der Waals surface area (Å²) in [5.74, 6) is -3.43. The molecule has 0 aliphatic carbocycles. The van der Waals surface area contributed by atoms with Crippen molar-refractivity contribution in [3.05, 3.63) is 59.4 Å². The van der Waals surface area contributed by atoms with Gasteiger partial charge in [0.1, 0.15) is 11.9 Å². The summed E-state index contributed by atoms with van der Waals surface area (Å²) in [5, 5.41) is 2.95. The Bertz CT molecular complexity index is 1000. The van der Waals surface area contributed by atoms with Gasteiger partial charge in [-0.25, -0.2) is 13.2 Å². The third-order valence-electron chi connectivity index (χ3n) is 5.63. The quantitative estimate of drug-likeness (QED) is 0.508. The highest BCUT2D eigenvalue weighted by atomic mass is 19.2. The molecule has 0 bridgehead atoms. The molecule has 0 saturated carbocycles. The van der Waals surface area contributed by atoms with Gasteiger partial charge in [0.15, 0.2) is 11.6 Å². The van der Waals surface area contributed by atoms with E-state index in [4.69, 9.17) is 0 Å². The van der Waals surface area contributed by atoms with E-state index in [2.05, 4.69) is 5.32 Å². The largest absolute Gasteiger partial charge is 0.348 e. The minimum Gasteiger partial charge on any atom is -0.348 e. The number of carbonyl (C=O) groups excluding carboxylic acids is 2. The minimum absolute atomic E-state index is 0.0171. The molecule has 2 aromatic carbocycles. The van der Waals surface area contributed by atoms with Crippen molar-refractivity contribution in [3.8, 4) is 11.1 Å². The fourth-order valence-electron chi connectivity index (χ4n) is 4.00. The number of hydrogen-bond acceptors (Lipinski definition) is 2. The molecule has 0 radical (unpaired) electrons. The first-order valence-corrected chi connectivity index (χ1v) is 11.8. The Morgan fingerprint density at radius 2 is 1.71 bits per heavy atom. The summed E-state index contributed by atoms with van der Waals surface area (Å²) in [6, 6.07) is 7.08. The van der Waals surface area contributed by atoms with Crippen molar-refractivity contribution in [1.82, 2.24) is 10.2 Å². The molecule has 1 fully saturated rings. The Hall–Kier alpha value is -2.83. The maximum absolute atomic E-state index is 14.0. The highest BCUT2D eigenvalue weighted by Gasteiger charge is 2.35. The minimum atomic E-state index is -1.24. The van der Waals surface area contributed by atoms with Crippen LogP contribution in [0.1, 0.15) is 72.4 Å². The van der Waals surface area contributed by atoms with Crippen LogP contribution in [0.2, 0.25) is 0 Å². The molecule has 3 rings (SSSR count). The van der Waals surface area contributed by atoms with Crippen molar-refractivity contribution in [2.45, 2.75) is 72.9 Å². The fraction of sp³-hybridized carbons (Fsp3) is 0.481. The fourth-order valence-corrected chi connectivity index (χ4v) is 4.00.